The van der Waals surface area contributed by atoms with Crippen LogP contribution in [0, 0.1) is 6.92 Å². The maximum Gasteiger partial charge on any atom is 0.131 e. The van der Waals surface area contributed by atoms with Gasteiger partial charge >= 0.3 is 0 Å². The average Bonchev–Trinajstić information content (AvgIpc) is 2.40. The smallest absolute Gasteiger partial charge is 0.131 e. The van der Waals surface area contributed by atoms with Crippen LogP contribution >= 0.6 is 0 Å². The number of piperidine rings is 1. The maximum absolute atomic E-state index is 5.76. The molecule has 0 amide bonds. The zero-order valence-corrected chi connectivity index (χ0v) is 12.3. The number of aryl methyl sites for hydroxylation is 1. The molecule has 0 aromatic carbocycles. The summed E-state index contributed by atoms with van der Waals surface area (Å²) in [6.45, 7) is 7.93. The van der Waals surface area contributed by atoms with Crippen LogP contribution in [0.5, 0.6) is 0 Å². The van der Waals surface area contributed by atoms with Gasteiger partial charge in [0.15, 0.2) is 0 Å². The second kappa shape index (κ2) is 6.87. The predicted molar refractivity (Wildman–Crippen MR) is 78.6 cm³/mol. The predicted octanol–water partition coefficient (Wildman–Crippen LogP) is 2.11. The lowest BCUT2D eigenvalue weighted by molar-refractivity contribution is 0.0525. The molecule has 0 spiro atoms. The Morgan fingerprint density at radius 1 is 1.53 bits per heavy atom. The third-order valence-corrected chi connectivity index (χ3v) is 3.57. The van der Waals surface area contributed by atoms with E-state index >= 15 is 0 Å². The van der Waals surface area contributed by atoms with Crippen molar-refractivity contribution in [2.24, 2.45) is 0 Å². The van der Waals surface area contributed by atoms with E-state index in [-0.39, 0.29) is 0 Å². The Labute approximate surface area is 116 Å². The Morgan fingerprint density at radius 3 is 3.05 bits per heavy atom. The fourth-order valence-electron chi connectivity index (χ4n) is 2.76. The molecule has 1 fully saturated rings. The first-order valence-electron chi connectivity index (χ1n) is 7.21. The molecule has 1 aromatic rings. The molecule has 0 saturated carbocycles. The second-order valence-corrected chi connectivity index (χ2v) is 5.18. The number of anilines is 1. The van der Waals surface area contributed by atoms with Crippen LogP contribution in [-0.2, 0) is 11.3 Å². The van der Waals surface area contributed by atoms with Crippen molar-refractivity contribution >= 4 is 5.82 Å². The van der Waals surface area contributed by atoms with Gasteiger partial charge in [0.1, 0.15) is 5.82 Å². The fraction of sp³-hybridized carbons (Fsp3) is 0.667. The van der Waals surface area contributed by atoms with Crippen molar-refractivity contribution in [2.45, 2.75) is 39.3 Å². The fourth-order valence-corrected chi connectivity index (χ4v) is 2.76. The summed E-state index contributed by atoms with van der Waals surface area (Å²) in [5.74, 6) is 1.12. The normalized spacial score (nSPS) is 19.7. The molecule has 0 bridgehead atoms. The lowest BCUT2D eigenvalue weighted by atomic mass is 10.1. The van der Waals surface area contributed by atoms with E-state index in [1.54, 1.807) is 0 Å². The summed E-state index contributed by atoms with van der Waals surface area (Å²) >= 11 is 0. The molecule has 1 unspecified atom stereocenters. The lowest BCUT2D eigenvalue weighted by Gasteiger charge is -2.34. The van der Waals surface area contributed by atoms with Crippen molar-refractivity contribution in [3.05, 3.63) is 23.4 Å². The molecule has 1 saturated heterocycles. The summed E-state index contributed by atoms with van der Waals surface area (Å²) in [6.07, 6.45) is 4.69. The van der Waals surface area contributed by atoms with Crippen molar-refractivity contribution < 1.29 is 4.74 Å². The summed E-state index contributed by atoms with van der Waals surface area (Å²) in [4.78, 5) is 7.01. The minimum absolute atomic E-state index is 0.358. The zero-order valence-electron chi connectivity index (χ0n) is 12.3. The van der Waals surface area contributed by atoms with Gasteiger partial charge < -0.3 is 15.0 Å². The van der Waals surface area contributed by atoms with Crippen molar-refractivity contribution in [3.8, 4) is 0 Å². The number of hydrogen-bond donors (Lipinski definition) is 1. The summed E-state index contributed by atoms with van der Waals surface area (Å²) in [6, 6.07) is 2.23. The second-order valence-electron chi connectivity index (χ2n) is 5.18. The van der Waals surface area contributed by atoms with Gasteiger partial charge in [-0.2, -0.15) is 0 Å². The Kier molecular flexibility index (Phi) is 5.16. The van der Waals surface area contributed by atoms with Gasteiger partial charge in [-0.15, -0.1) is 0 Å². The minimum atomic E-state index is 0.358. The molecule has 1 aliphatic heterocycles. The van der Waals surface area contributed by atoms with E-state index in [2.05, 4.69) is 35.1 Å². The molecule has 106 valence electrons. The van der Waals surface area contributed by atoms with Crippen LogP contribution in [0.4, 0.5) is 5.82 Å². The van der Waals surface area contributed by atoms with Gasteiger partial charge in [0.2, 0.25) is 0 Å². The van der Waals surface area contributed by atoms with Crippen molar-refractivity contribution in [1.29, 1.82) is 0 Å². The highest BCUT2D eigenvalue weighted by Crippen LogP contribution is 2.23. The molecule has 1 N–H and O–H groups in total. The Bertz CT molecular complexity index is 406. The van der Waals surface area contributed by atoms with Crippen molar-refractivity contribution in [1.82, 2.24) is 10.3 Å². The van der Waals surface area contributed by atoms with Gasteiger partial charge in [-0.1, -0.05) is 0 Å². The number of aromatic nitrogens is 1. The number of hydrogen-bond acceptors (Lipinski definition) is 4. The van der Waals surface area contributed by atoms with Gasteiger partial charge in [-0.3, -0.25) is 0 Å². The number of pyridine rings is 1. The van der Waals surface area contributed by atoms with Crippen LogP contribution in [0.15, 0.2) is 12.3 Å². The molecule has 4 nitrogen and oxygen atoms in total. The number of nitrogens with one attached hydrogen (secondary N) is 1. The molecule has 2 rings (SSSR count). The highest BCUT2D eigenvalue weighted by Gasteiger charge is 2.22. The van der Waals surface area contributed by atoms with Gasteiger partial charge in [-0.25, -0.2) is 4.98 Å². The zero-order chi connectivity index (χ0) is 13.7. The van der Waals surface area contributed by atoms with Crippen LogP contribution in [0.1, 0.15) is 30.9 Å². The molecule has 0 radical (unpaired) electrons. The molecule has 0 aliphatic carbocycles. The van der Waals surface area contributed by atoms with Crippen LogP contribution in [0.2, 0.25) is 0 Å². The van der Waals surface area contributed by atoms with Crippen LogP contribution in [0.25, 0.3) is 0 Å². The monoisotopic (exact) mass is 263 g/mol. The summed E-state index contributed by atoms with van der Waals surface area (Å²) in [7, 11) is 1.96. The lowest BCUT2D eigenvalue weighted by Crippen LogP contribution is -2.40. The standard InChI is InChI=1S/C15H25N3O/c1-4-19-14-6-5-7-18(11-14)15-12(2)8-13(9-16-3)10-17-15/h8,10,14,16H,4-7,9,11H2,1-3H3. The third kappa shape index (κ3) is 3.67. The van der Waals surface area contributed by atoms with Crippen LogP contribution in [-0.4, -0.2) is 37.8 Å². The largest absolute Gasteiger partial charge is 0.377 e. The van der Waals surface area contributed by atoms with E-state index in [0.717, 1.165) is 32.1 Å². The molecule has 19 heavy (non-hydrogen) atoms. The Morgan fingerprint density at radius 2 is 2.37 bits per heavy atom. The highest BCUT2D eigenvalue weighted by atomic mass is 16.5. The highest BCUT2D eigenvalue weighted by molar-refractivity contribution is 5.47. The van der Waals surface area contributed by atoms with E-state index in [1.807, 2.05) is 13.2 Å². The van der Waals surface area contributed by atoms with Crippen molar-refractivity contribution in [2.75, 3.05) is 31.6 Å². The molecule has 1 aromatic heterocycles. The summed E-state index contributed by atoms with van der Waals surface area (Å²) in [5, 5.41) is 3.16. The van der Waals surface area contributed by atoms with E-state index in [9.17, 15) is 0 Å². The van der Waals surface area contributed by atoms with E-state index in [4.69, 9.17) is 4.74 Å². The third-order valence-electron chi connectivity index (χ3n) is 3.57. The minimum Gasteiger partial charge on any atom is -0.377 e. The summed E-state index contributed by atoms with van der Waals surface area (Å²) < 4.78 is 5.76. The molecule has 1 aliphatic rings. The quantitative estimate of drug-likeness (QED) is 0.883. The first-order chi connectivity index (χ1) is 9.24. The van der Waals surface area contributed by atoms with Crippen molar-refractivity contribution in [3.63, 3.8) is 0 Å². The average molecular weight is 263 g/mol. The number of ether oxygens (including phenoxy) is 1. The van der Waals surface area contributed by atoms with E-state index in [1.165, 1.54) is 24.0 Å². The molecule has 4 heteroatoms. The van der Waals surface area contributed by atoms with Gasteiger partial charge in [0.25, 0.3) is 0 Å². The molecular weight excluding hydrogens is 238 g/mol. The van der Waals surface area contributed by atoms with Gasteiger partial charge in [0.05, 0.1) is 6.10 Å². The first-order valence-corrected chi connectivity index (χ1v) is 7.21. The van der Waals surface area contributed by atoms with E-state index < -0.39 is 0 Å². The topological polar surface area (TPSA) is 37.4 Å². The molecular formula is C15H25N3O. The Balaban J connectivity index is 2.08. The molecule has 2 heterocycles. The Hall–Kier alpha value is -1.13. The van der Waals surface area contributed by atoms with Gasteiger partial charge in [-0.05, 0) is 50.9 Å². The SMILES string of the molecule is CCOC1CCCN(c2ncc(CNC)cc2C)C1. The van der Waals surface area contributed by atoms with Gasteiger partial charge in [0, 0.05) is 32.4 Å². The van der Waals surface area contributed by atoms with Crippen LogP contribution < -0.4 is 10.2 Å². The molecule has 1 atom stereocenters. The first kappa shape index (κ1) is 14.3. The number of rotatable bonds is 5. The summed E-state index contributed by atoms with van der Waals surface area (Å²) in [5.41, 5.74) is 2.49. The van der Waals surface area contributed by atoms with Crippen LogP contribution in [0.3, 0.4) is 0 Å². The van der Waals surface area contributed by atoms with E-state index in [0.29, 0.717) is 6.10 Å². The maximum atomic E-state index is 5.76. The number of nitrogens with zero attached hydrogens (tertiary/aromatic N) is 2.